The highest BCUT2D eigenvalue weighted by Crippen LogP contribution is 2.54. The van der Waals surface area contributed by atoms with Gasteiger partial charge in [0.15, 0.2) is 5.72 Å². The number of likely N-dealkylation sites (N-methyl/N-ethyl adjacent to an activating group) is 1. The molecule has 1 fully saturated rings. The van der Waals surface area contributed by atoms with Crippen molar-refractivity contribution in [3.63, 3.8) is 0 Å². The zero-order valence-corrected chi connectivity index (χ0v) is 26.2. The van der Waals surface area contributed by atoms with E-state index in [1.807, 2.05) is 50.2 Å². The van der Waals surface area contributed by atoms with Gasteiger partial charge in [0, 0.05) is 48.7 Å². The number of carbonyl (C=O) groups is 1. The van der Waals surface area contributed by atoms with E-state index in [1.54, 1.807) is 26.3 Å². The number of methoxy groups -OCH3 is 1. The van der Waals surface area contributed by atoms with Crippen LogP contribution in [0, 0.1) is 6.92 Å². The number of aryl methyl sites for hydroxylation is 1. The molecular weight excluding hydrogens is 588 g/mol. The molecule has 1 N–H and O–H groups in total. The van der Waals surface area contributed by atoms with Crippen molar-refractivity contribution in [2.24, 2.45) is 0 Å². The molecule has 3 aliphatic heterocycles. The Morgan fingerprint density at radius 1 is 0.956 bits per heavy atom. The Kier molecular flexibility index (Phi) is 5.39. The summed E-state index contributed by atoms with van der Waals surface area (Å²) in [5, 5.41) is 7.00. The van der Waals surface area contributed by atoms with Crippen LogP contribution in [0.2, 0.25) is 0 Å². The highest BCUT2D eigenvalue weighted by atomic mass is 32.2. The molecule has 3 aliphatic rings. The fraction of sp³-hybridized carbons (Fsp3) is 0.286. The normalized spacial score (nSPS) is 24.3. The number of para-hydroxylation sites is 2. The second-order valence-electron chi connectivity index (χ2n) is 12.6. The summed E-state index contributed by atoms with van der Waals surface area (Å²) < 4.78 is 47.7. The van der Waals surface area contributed by atoms with Crippen molar-refractivity contribution in [3.05, 3.63) is 89.5 Å². The third kappa shape index (κ3) is 3.27. The lowest BCUT2D eigenvalue weighted by Gasteiger charge is -2.50. The molecule has 2 aromatic heterocycles. The van der Waals surface area contributed by atoms with E-state index >= 15 is 0 Å². The molecule has 10 heteroatoms. The summed E-state index contributed by atoms with van der Waals surface area (Å²) in [6, 6.07) is 22.7. The number of aromatic nitrogens is 2. The molecule has 228 valence electrons. The molecule has 0 saturated carbocycles. The molecule has 1 saturated heterocycles. The first-order valence-corrected chi connectivity index (χ1v) is 16.7. The van der Waals surface area contributed by atoms with Gasteiger partial charge in [-0.15, -0.1) is 0 Å². The van der Waals surface area contributed by atoms with Crippen LogP contribution < -0.4 is 5.32 Å². The zero-order chi connectivity index (χ0) is 31.0. The predicted octanol–water partition coefficient (Wildman–Crippen LogP) is 5.76. The van der Waals surface area contributed by atoms with Crippen LogP contribution in [0.25, 0.3) is 43.6 Å². The maximum absolute atomic E-state index is 14.2. The second-order valence-corrected chi connectivity index (χ2v) is 14.6. The Morgan fingerprint density at radius 3 is 2.33 bits per heavy atom. The minimum atomic E-state index is -3.89. The van der Waals surface area contributed by atoms with Crippen LogP contribution in [-0.2, 0) is 31.8 Å². The van der Waals surface area contributed by atoms with E-state index in [0.29, 0.717) is 18.5 Å². The third-order valence-corrected chi connectivity index (χ3v) is 12.3. The number of hydrogen-bond donors (Lipinski definition) is 1. The number of fused-ring (bicyclic) bond motifs is 13. The minimum Gasteiger partial charge on any atom is -0.375 e. The summed E-state index contributed by atoms with van der Waals surface area (Å²) in [6.07, 6.45) is -0.873. The summed E-state index contributed by atoms with van der Waals surface area (Å²) >= 11 is 0. The second kappa shape index (κ2) is 8.95. The van der Waals surface area contributed by atoms with Crippen LogP contribution >= 0.6 is 0 Å². The molecule has 5 heterocycles. The number of nitrogens with one attached hydrogen (secondary N) is 1. The highest BCUT2D eigenvalue weighted by Gasteiger charge is 2.55. The Hall–Kier alpha value is -4.22. The van der Waals surface area contributed by atoms with Crippen molar-refractivity contribution in [2.75, 3.05) is 14.2 Å². The molecule has 9 nitrogen and oxygen atoms in total. The predicted molar refractivity (Wildman–Crippen MR) is 173 cm³/mol. The van der Waals surface area contributed by atoms with Crippen LogP contribution in [0.1, 0.15) is 41.1 Å². The molecule has 6 aromatic rings. The van der Waals surface area contributed by atoms with Gasteiger partial charge in [-0.3, -0.25) is 4.79 Å². The van der Waals surface area contributed by atoms with Gasteiger partial charge < -0.3 is 23.9 Å². The number of ether oxygens (including phenoxy) is 2. The van der Waals surface area contributed by atoms with Gasteiger partial charge in [-0.1, -0.05) is 54.1 Å². The molecular formula is C35H32N4O5S. The van der Waals surface area contributed by atoms with E-state index in [1.165, 1.54) is 4.31 Å². The third-order valence-electron chi connectivity index (χ3n) is 10.4. The summed E-state index contributed by atoms with van der Waals surface area (Å²) in [6.45, 7) is 4.38. The van der Waals surface area contributed by atoms with E-state index < -0.39 is 34.1 Å². The summed E-state index contributed by atoms with van der Waals surface area (Å²) in [7, 11) is -0.614. The molecule has 0 radical (unpaired) electrons. The van der Waals surface area contributed by atoms with Gasteiger partial charge in [0.1, 0.15) is 12.3 Å². The van der Waals surface area contributed by atoms with E-state index in [2.05, 4.69) is 38.7 Å². The lowest BCUT2D eigenvalue weighted by atomic mass is 9.93. The first-order chi connectivity index (χ1) is 21.7. The van der Waals surface area contributed by atoms with E-state index in [9.17, 15) is 13.2 Å². The lowest BCUT2D eigenvalue weighted by molar-refractivity contribution is -0.262. The molecule has 2 bridgehead atoms. The van der Waals surface area contributed by atoms with Crippen molar-refractivity contribution in [1.82, 2.24) is 18.8 Å². The van der Waals surface area contributed by atoms with Gasteiger partial charge in [-0.25, -0.2) is 8.42 Å². The lowest BCUT2D eigenvalue weighted by Crippen LogP contribution is -2.61. The average Bonchev–Trinajstić information content (AvgIpc) is 3.68. The van der Waals surface area contributed by atoms with Crippen molar-refractivity contribution in [1.29, 1.82) is 0 Å². The van der Waals surface area contributed by atoms with Gasteiger partial charge in [0.25, 0.3) is 5.91 Å². The Labute approximate surface area is 260 Å². The van der Waals surface area contributed by atoms with Gasteiger partial charge in [0.2, 0.25) is 10.0 Å². The monoisotopic (exact) mass is 620 g/mol. The Morgan fingerprint density at radius 2 is 1.62 bits per heavy atom. The number of amides is 1. The smallest absolute Gasteiger partial charge is 0.252 e. The van der Waals surface area contributed by atoms with Gasteiger partial charge >= 0.3 is 0 Å². The largest absolute Gasteiger partial charge is 0.375 e. The molecule has 1 amide bonds. The number of benzene rings is 4. The van der Waals surface area contributed by atoms with E-state index in [4.69, 9.17) is 9.47 Å². The fourth-order valence-electron chi connectivity index (χ4n) is 8.42. The maximum Gasteiger partial charge on any atom is 0.252 e. The number of hydrogen-bond acceptors (Lipinski definition) is 5. The average molecular weight is 621 g/mol. The minimum absolute atomic E-state index is 0.0810. The number of rotatable bonds is 4. The van der Waals surface area contributed by atoms with Crippen molar-refractivity contribution in [2.45, 2.75) is 55.8 Å². The number of carbonyl (C=O) groups excluding carboxylic acids is 1. The molecule has 0 aliphatic carbocycles. The Bertz CT molecular complexity index is 2370. The SMILES string of the molecule is CO[C@@H]1[C@H](N(C)S(=O)(=O)c2ccc(C)cc2)C[C@H]2O[C@]1(C)n1c3ccccc3c3c4c(c5c6ccccc6n2c5c31)C(=O)NC4. The molecule has 9 rings (SSSR count). The Balaban J connectivity index is 1.41. The van der Waals surface area contributed by atoms with E-state index in [-0.39, 0.29) is 10.8 Å². The van der Waals surface area contributed by atoms with Crippen LogP contribution in [0.15, 0.2) is 77.7 Å². The number of nitrogens with zero attached hydrogens (tertiary/aromatic N) is 3. The fourth-order valence-corrected chi connectivity index (χ4v) is 9.79. The molecule has 0 unspecified atom stereocenters. The van der Waals surface area contributed by atoms with Crippen LogP contribution in [0.5, 0.6) is 0 Å². The van der Waals surface area contributed by atoms with Crippen LogP contribution in [0.3, 0.4) is 0 Å². The number of sulfonamides is 1. The standard InChI is InChI=1S/C35H32N4O5S/c1-19-13-15-20(16-14-19)45(41,42)37(3)26-17-27-38-24-11-7-5-9-21(24)29-30-23(18-36-34(30)40)28-22-10-6-8-12-25(22)39(32(28)31(29)38)35(2,44-27)33(26)43-4/h5-16,26-27,33H,17-18H2,1-4H3,(H,36,40)/t26-,27-,33-,35+/m1/s1. The van der Waals surface area contributed by atoms with Gasteiger partial charge in [0.05, 0.1) is 38.6 Å². The quantitative estimate of drug-likeness (QED) is 0.270. The maximum atomic E-state index is 14.2. The van der Waals surface area contributed by atoms with Crippen molar-refractivity contribution < 1.29 is 22.7 Å². The zero-order valence-electron chi connectivity index (χ0n) is 25.4. The first-order valence-electron chi connectivity index (χ1n) is 15.2. The van der Waals surface area contributed by atoms with Crippen LogP contribution in [-0.4, -0.2) is 54.1 Å². The molecule has 0 spiro atoms. The van der Waals surface area contributed by atoms with E-state index in [0.717, 1.165) is 54.7 Å². The highest BCUT2D eigenvalue weighted by molar-refractivity contribution is 7.89. The summed E-state index contributed by atoms with van der Waals surface area (Å²) in [5.41, 5.74) is 5.32. The topological polar surface area (TPSA) is 94.8 Å². The summed E-state index contributed by atoms with van der Waals surface area (Å²) in [5.74, 6) is -0.0810. The molecule has 45 heavy (non-hydrogen) atoms. The summed E-state index contributed by atoms with van der Waals surface area (Å²) in [4.78, 5) is 13.8. The first kappa shape index (κ1) is 27.1. The molecule has 4 aromatic carbocycles. The molecule has 4 atom stereocenters. The van der Waals surface area contributed by atoms with Crippen molar-refractivity contribution >= 4 is 59.5 Å². The van der Waals surface area contributed by atoms with Crippen molar-refractivity contribution in [3.8, 4) is 0 Å². The van der Waals surface area contributed by atoms with Gasteiger partial charge in [-0.05, 0) is 43.7 Å². The van der Waals surface area contributed by atoms with Crippen LogP contribution in [0.4, 0.5) is 0 Å². The van der Waals surface area contributed by atoms with Gasteiger partial charge in [-0.2, -0.15) is 4.31 Å².